The van der Waals surface area contributed by atoms with Gasteiger partial charge in [0.2, 0.25) is 0 Å². The summed E-state index contributed by atoms with van der Waals surface area (Å²) in [4.78, 5) is 34.9. The fourth-order valence-electron chi connectivity index (χ4n) is 3.80. The van der Waals surface area contributed by atoms with Crippen LogP contribution in [-0.4, -0.2) is 36.4 Å². The first-order valence-corrected chi connectivity index (χ1v) is 10.7. The molecule has 178 valence electrons. The van der Waals surface area contributed by atoms with E-state index < -0.39 is 17.9 Å². The van der Waals surface area contributed by atoms with Gasteiger partial charge in [-0.3, -0.25) is 14.4 Å². The van der Waals surface area contributed by atoms with Gasteiger partial charge in [0.1, 0.15) is 5.71 Å². The Bertz CT molecular complexity index is 1210. The summed E-state index contributed by atoms with van der Waals surface area (Å²) in [6.07, 6.45) is 0.715. The zero-order valence-electron chi connectivity index (χ0n) is 19.9. The number of ether oxygens (including phenoxy) is 4. The second kappa shape index (κ2) is 10.3. The summed E-state index contributed by atoms with van der Waals surface area (Å²) >= 11 is 0. The topological polar surface area (TPSA) is 113 Å². The molecule has 2 aromatic carbocycles. The Balaban J connectivity index is 2.25. The molecular formula is C25H26N2O7. The highest BCUT2D eigenvalue weighted by Crippen LogP contribution is 2.39. The molecule has 34 heavy (non-hydrogen) atoms. The van der Waals surface area contributed by atoms with Crippen molar-refractivity contribution in [3.8, 4) is 23.0 Å². The number of rotatable bonds is 6. The van der Waals surface area contributed by atoms with Crippen molar-refractivity contribution in [3.05, 3.63) is 47.0 Å². The smallest absolute Gasteiger partial charge is 0.308 e. The number of fused-ring (bicyclic) bond motifs is 1. The van der Waals surface area contributed by atoms with Crippen LogP contribution in [0.4, 0.5) is 0 Å². The summed E-state index contributed by atoms with van der Waals surface area (Å²) in [6.45, 7) is 7.73. The van der Waals surface area contributed by atoms with E-state index in [1.165, 1.54) is 27.9 Å². The van der Waals surface area contributed by atoms with Crippen molar-refractivity contribution in [1.82, 2.24) is 0 Å². The van der Waals surface area contributed by atoms with Gasteiger partial charge in [0.05, 0.1) is 7.11 Å². The third-order valence-corrected chi connectivity index (χ3v) is 5.16. The molecule has 2 aromatic rings. The number of hydrogen-bond acceptors (Lipinski definition) is 9. The fraction of sp³-hybridized carbons (Fsp3) is 0.320. The normalized spacial score (nSPS) is 14.7. The second-order valence-corrected chi connectivity index (χ2v) is 7.68. The van der Waals surface area contributed by atoms with Crippen molar-refractivity contribution in [3.63, 3.8) is 0 Å². The standard InChI is InChI=1S/C25H26N2O7/c1-7-18-13(2)26-27-25(17-8-9-21(32-14(3)28)22(10-17)31-6)20-12-24(34-16(5)30)23(11-19(18)20)33-15(4)29/h8-12,18H,7H2,1-6H3. The molecular weight excluding hydrogens is 440 g/mol. The molecule has 1 heterocycles. The number of carbonyl (C=O) groups is 3. The summed E-state index contributed by atoms with van der Waals surface area (Å²) in [6, 6.07) is 8.33. The first-order chi connectivity index (χ1) is 16.1. The lowest BCUT2D eigenvalue weighted by Gasteiger charge is -2.20. The minimum atomic E-state index is -0.563. The molecule has 0 bridgehead atoms. The summed E-state index contributed by atoms with van der Waals surface area (Å²) in [5, 5.41) is 8.90. The average Bonchev–Trinajstić information content (AvgIpc) is 2.88. The van der Waals surface area contributed by atoms with Gasteiger partial charge in [-0.05, 0) is 49.2 Å². The molecule has 3 rings (SSSR count). The van der Waals surface area contributed by atoms with E-state index in [0.717, 1.165) is 11.3 Å². The van der Waals surface area contributed by atoms with Gasteiger partial charge in [0.25, 0.3) is 0 Å². The number of methoxy groups -OCH3 is 1. The molecule has 9 heteroatoms. The van der Waals surface area contributed by atoms with Crippen LogP contribution in [0.1, 0.15) is 63.6 Å². The van der Waals surface area contributed by atoms with E-state index in [1.807, 2.05) is 13.8 Å². The van der Waals surface area contributed by atoms with Crippen LogP contribution in [0.15, 0.2) is 40.5 Å². The van der Waals surface area contributed by atoms with Crippen LogP contribution >= 0.6 is 0 Å². The molecule has 0 aromatic heterocycles. The van der Waals surface area contributed by atoms with E-state index in [1.54, 1.807) is 30.3 Å². The maximum absolute atomic E-state index is 11.7. The fourth-order valence-corrected chi connectivity index (χ4v) is 3.80. The third-order valence-electron chi connectivity index (χ3n) is 5.16. The quantitative estimate of drug-likeness (QED) is 0.463. The lowest BCUT2D eigenvalue weighted by Crippen LogP contribution is -2.15. The Morgan fingerprint density at radius 3 is 1.97 bits per heavy atom. The highest BCUT2D eigenvalue weighted by atomic mass is 16.6. The second-order valence-electron chi connectivity index (χ2n) is 7.68. The molecule has 1 aliphatic rings. The molecule has 9 nitrogen and oxygen atoms in total. The van der Waals surface area contributed by atoms with E-state index in [2.05, 4.69) is 10.2 Å². The Labute approximate surface area is 197 Å². The van der Waals surface area contributed by atoms with Crippen LogP contribution in [-0.2, 0) is 14.4 Å². The van der Waals surface area contributed by atoms with Gasteiger partial charge < -0.3 is 18.9 Å². The van der Waals surface area contributed by atoms with Crippen molar-refractivity contribution in [2.45, 2.75) is 47.0 Å². The predicted molar refractivity (Wildman–Crippen MR) is 125 cm³/mol. The number of hydrogen-bond donors (Lipinski definition) is 0. The number of nitrogens with zero attached hydrogens (tertiary/aromatic N) is 2. The lowest BCUT2D eigenvalue weighted by molar-refractivity contribution is -0.134. The molecule has 1 aliphatic heterocycles. The van der Waals surface area contributed by atoms with Gasteiger partial charge in [-0.2, -0.15) is 5.10 Å². The van der Waals surface area contributed by atoms with E-state index in [9.17, 15) is 14.4 Å². The lowest BCUT2D eigenvalue weighted by atomic mass is 9.85. The average molecular weight is 466 g/mol. The minimum absolute atomic E-state index is 0.0899. The summed E-state index contributed by atoms with van der Waals surface area (Å²) in [7, 11) is 1.47. The third kappa shape index (κ3) is 5.31. The zero-order valence-corrected chi connectivity index (χ0v) is 19.9. The molecule has 0 amide bonds. The molecule has 0 radical (unpaired) electrons. The van der Waals surface area contributed by atoms with Crippen molar-refractivity contribution >= 4 is 29.3 Å². The maximum Gasteiger partial charge on any atom is 0.308 e. The Hall–Kier alpha value is -4.01. The van der Waals surface area contributed by atoms with Crippen LogP contribution in [0.3, 0.4) is 0 Å². The summed E-state index contributed by atoms with van der Waals surface area (Å²) in [5.41, 5.74) is 3.37. The van der Waals surface area contributed by atoms with E-state index in [-0.39, 0.29) is 23.2 Å². The van der Waals surface area contributed by atoms with Crippen LogP contribution in [0.25, 0.3) is 0 Å². The first kappa shape index (κ1) is 24.6. The molecule has 0 fully saturated rings. The molecule has 1 unspecified atom stereocenters. The van der Waals surface area contributed by atoms with Crippen LogP contribution in [0.5, 0.6) is 23.0 Å². The molecule has 0 N–H and O–H groups in total. The van der Waals surface area contributed by atoms with Crippen LogP contribution < -0.4 is 18.9 Å². The van der Waals surface area contributed by atoms with Gasteiger partial charge in [0, 0.05) is 43.5 Å². The molecule has 0 saturated heterocycles. The monoisotopic (exact) mass is 466 g/mol. The molecule has 0 saturated carbocycles. The number of benzene rings is 2. The molecule has 1 atom stereocenters. The van der Waals surface area contributed by atoms with Crippen molar-refractivity contribution in [2.24, 2.45) is 10.2 Å². The van der Waals surface area contributed by atoms with E-state index in [0.29, 0.717) is 29.0 Å². The van der Waals surface area contributed by atoms with Crippen LogP contribution in [0, 0.1) is 0 Å². The van der Waals surface area contributed by atoms with Gasteiger partial charge in [-0.15, -0.1) is 5.10 Å². The largest absolute Gasteiger partial charge is 0.493 e. The van der Waals surface area contributed by atoms with E-state index >= 15 is 0 Å². The SMILES string of the molecule is CCC1C(C)=NN=C(c2ccc(OC(C)=O)c(OC)c2)c2cc(OC(C)=O)c(OC(C)=O)cc21. The Morgan fingerprint density at radius 2 is 1.41 bits per heavy atom. The van der Waals surface area contributed by atoms with Gasteiger partial charge in [-0.1, -0.05) is 6.92 Å². The van der Waals surface area contributed by atoms with Crippen molar-refractivity contribution < 1.29 is 33.3 Å². The molecule has 0 spiro atoms. The van der Waals surface area contributed by atoms with Crippen molar-refractivity contribution in [1.29, 1.82) is 0 Å². The van der Waals surface area contributed by atoms with Crippen molar-refractivity contribution in [2.75, 3.05) is 7.11 Å². The highest BCUT2D eigenvalue weighted by Gasteiger charge is 2.27. The maximum atomic E-state index is 11.7. The summed E-state index contributed by atoms with van der Waals surface area (Å²) < 4.78 is 21.3. The number of carbonyl (C=O) groups excluding carboxylic acids is 3. The zero-order chi connectivity index (χ0) is 25.0. The van der Waals surface area contributed by atoms with Gasteiger partial charge >= 0.3 is 17.9 Å². The summed E-state index contributed by atoms with van der Waals surface area (Å²) in [5.74, 6) is -0.857. The van der Waals surface area contributed by atoms with Gasteiger partial charge in [-0.25, -0.2) is 0 Å². The Kier molecular flexibility index (Phi) is 7.45. The minimum Gasteiger partial charge on any atom is -0.493 e. The van der Waals surface area contributed by atoms with Gasteiger partial charge in [0.15, 0.2) is 23.0 Å². The highest BCUT2D eigenvalue weighted by molar-refractivity contribution is 6.16. The van der Waals surface area contributed by atoms with Crippen LogP contribution in [0.2, 0.25) is 0 Å². The number of esters is 3. The predicted octanol–water partition coefficient (Wildman–Crippen LogP) is 4.19. The molecule has 0 aliphatic carbocycles. The first-order valence-electron chi connectivity index (χ1n) is 10.7. The van der Waals surface area contributed by atoms with E-state index in [4.69, 9.17) is 18.9 Å². The Morgan fingerprint density at radius 1 is 0.824 bits per heavy atom.